The van der Waals surface area contributed by atoms with E-state index >= 15 is 0 Å². The molecule has 4 nitrogen and oxygen atoms in total. The molecule has 0 saturated heterocycles. The molecule has 2 atom stereocenters. The summed E-state index contributed by atoms with van der Waals surface area (Å²) in [7, 11) is 0. The minimum absolute atomic E-state index is 0.0464. The van der Waals surface area contributed by atoms with Gasteiger partial charge in [-0.2, -0.15) is 0 Å². The zero-order valence-corrected chi connectivity index (χ0v) is 13.5. The third kappa shape index (κ3) is 12.3. The summed E-state index contributed by atoms with van der Waals surface area (Å²) in [5.41, 5.74) is 1.96. The van der Waals surface area contributed by atoms with E-state index in [1.807, 2.05) is 13.0 Å². The van der Waals surface area contributed by atoms with E-state index in [0.717, 1.165) is 37.7 Å². The van der Waals surface area contributed by atoms with Crippen LogP contribution in [0.5, 0.6) is 0 Å². The van der Waals surface area contributed by atoms with E-state index in [1.54, 1.807) is 6.92 Å². The molecular weight excluding hydrogens is 268 g/mol. The third-order valence-electron chi connectivity index (χ3n) is 3.44. The van der Waals surface area contributed by atoms with E-state index in [1.165, 1.54) is 11.6 Å². The predicted octanol–water partition coefficient (Wildman–Crippen LogP) is 3.29. The van der Waals surface area contributed by atoms with E-state index in [2.05, 4.69) is 6.92 Å². The first-order chi connectivity index (χ1) is 9.85. The molecule has 0 bridgehead atoms. The number of unbranched alkanes of at least 4 members (excludes halogenated alkanes) is 1. The number of carbonyl (C=O) groups is 1. The van der Waals surface area contributed by atoms with Crippen LogP contribution >= 0.6 is 0 Å². The number of hydrogen-bond donors (Lipinski definition) is 3. The van der Waals surface area contributed by atoms with Gasteiger partial charge in [-0.15, -0.1) is 0 Å². The quantitative estimate of drug-likeness (QED) is 0.311. The molecule has 0 heterocycles. The first kappa shape index (κ1) is 19.9. The van der Waals surface area contributed by atoms with Gasteiger partial charge >= 0.3 is 5.97 Å². The highest BCUT2D eigenvalue weighted by molar-refractivity contribution is 5.81. The van der Waals surface area contributed by atoms with Crippen LogP contribution in [0.4, 0.5) is 0 Å². The van der Waals surface area contributed by atoms with Crippen LogP contribution in [0.15, 0.2) is 23.3 Å². The standard InChI is InChI=1S/C17H30O4/c1-13(6-4-5-7-16(19)8-9-18)10-14(2)11-15(3)12-17(20)21/h11-13,16,18-19H,4-10H2,1-3H3,(H,20,21)/b14-11+,15-12+/t13-,16-/m1/s1. The average Bonchev–Trinajstić information content (AvgIpc) is 2.33. The van der Waals surface area contributed by atoms with Crippen LogP contribution in [0.25, 0.3) is 0 Å². The molecule has 0 fully saturated rings. The molecule has 0 amide bonds. The number of carboxylic acids is 1. The topological polar surface area (TPSA) is 77.8 Å². The Kier molecular flexibility index (Phi) is 10.9. The lowest BCUT2D eigenvalue weighted by Crippen LogP contribution is -2.08. The second kappa shape index (κ2) is 11.5. The van der Waals surface area contributed by atoms with Gasteiger partial charge in [-0.3, -0.25) is 0 Å². The second-order valence-corrected chi connectivity index (χ2v) is 5.98. The molecule has 0 aliphatic heterocycles. The number of aliphatic hydroxyl groups is 2. The summed E-state index contributed by atoms with van der Waals surface area (Å²) < 4.78 is 0. The van der Waals surface area contributed by atoms with Crippen molar-refractivity contribution in [2.24, 2.45) is 5.92 Å². The van der Waals surface area contributed by atoms with Gasteiger partial charge < -0.3 is 15.3 Å². The number of aliphatic hydroxyl groups excluding tert-OH is 2. The Labute approximate surface area is 128 Å². The maximum atomic E-state index is 10.5. The fraction of sp³-hybridized carbons (Fsp3) is 0.706. The molecule has 3 N–H and O–H groups in total. The maximum Gasteiger partial charge on any atom is 0.328 e. The van der Waals surface area contributed by atoms with Gasteiger partial charge in [0.1, 0.15) is 0 Å². The van der Waals surface area contributed by atoms with Crippen LogP contribution in [0.3, 0.4) is 0 Å². The molecular formula is C17H30O4. The first-order valence-electron chi connectivity index (χ1n) is 7.72. The van der Waals surface area contributed by atoms with Gasteiger partial charge in [0, 0.05) is 12.7 Å². The Morgan fingerprint density at radius 2 is 1.71 bits per heavy atom. The lowest BCUT2D eigenvalue weighted by atomic mass is 9.94. The number of allylic oxidation sites excluding steroid dienone is 3. The predicted molar refractivity (Wildman–Crippen MR) is 85.1 cm³/mol. The number of rotatable bonds is 11. The van der Waals surface area contributed by atoms with Gasteiger partial charge in [0.15, 0.2) is 0 Å². The Balaban J connectivity index is 3.95. The summed E-state index contributed by atoms with van der Waals surface area (Å²) in [6, 6.07) is 0. The molecule has 21 heavy (non-hydrogen) atoms. The zero-order chi connectivity index (χ0) is 16.3. The molecule has 0 radical (unpaired) electrons. The van der Waals surface area contributed by atoms with Gasteiger partial charge in [-0.1, -0.05) is 37.8 Å². The zero-order valence-electron chi connectivity index (χ0n) is 13.5. The minimum Gasteiger partial charge on any atom is -0.478 e. The molecule has 0 aromatic carbocycles. The van der Waals surface area contributed by atoms with Crippen LogP contribution in [-0.2, 0) is 4.79 Å². The Bertz CT molecular complexity index is 358. The summed E-state index contributed by atoms with van der Waals surface area (Å²) in [5.74, 6) is -0.361. The normalized spacial score (nSPS) is 15.9. The fourth-order valence-corrected chi connectivity index (χ4v) is 2.50. The van der Waals surface area contributed by atoms with E-state index in [-0.39, 0.29) is 12.7 Å². The monoisotopic (exact) mass is 298 g/mol. The highest BCUT2D eigenvalue weighted by Crippen LogP contribution is 2.19. The van der Waals surface area contributed by atoms with Crippen LogP contribution in [0.1, 0.15) is 59.3 Å². The molecule has 0 spiro atoms. The van der Waals surface area contributed by atoms with Crippen molar-refractivity contribution in [2.75, 3.05) is 6.61 Å². The molecule has 0 aliphatic carbocycles. The summed E-state index contributed by atoms with van der Waals surface area (Å²) in [4.78, 5) is 10.5. The Morgan fingerprint density at radius 1 is 1.10 bits per heavy atom. The van der Waals surface area contributed by atoms with Gasteiger partial charge in [0.2, 0.25) is 0 Å². The van der Waals surface area contributed by atoms with E-state index in [9.17, 15) is 9.90 Å². The molecule has 0 rings (SSSR count). The largest absolute Gasteiger partial charge is 0.478 e. The van der Waals surface area contributed by atoms with Crippen molar-refractivity contribution in [1.29, 1.82) is 0 Å². The van der Waals surface area contributed by atoms with Crippen LogP contribution < -0.4 is 0 Å². The highest BCUT2D eigenvalue weighted by Gasteiger charge is 2.06. The van der Waals surface area contributed by atoms with E-state index in [4.69, 9.17) is 10.2 Å². The molecule has 0 aliphatic rings. The van der Waals surface area contributed by atoms with Crippen molar-refractivity contribution < 1.29 is 20.1 Å². The molecule has 0 unspecified atom stereocenters. The highest BCUT2D eigenvalue weighted by atomic mass is 16.4. The smallest absolute Gasteiger partial charge is 0.328 e. The molecule has 122 valence electrons. The average molecular weight is 298 g/mol. The summed E-state index contributed by atoms with van der Waals surface area (Å²) in [6.07, 6.45) is 8.09. The van der Waals surface area contributed by atoms with Crippen LogP contribution in [-0.4, -0.2) is 34.0 Å². The fourth-order valence-electron chi connectivity index (χ4n) is 2.50. The van der Waals surface area contributed by atoms with Gasteiger partial charge in [-0.05, 0) is 44.6 Å². The maximum absolute atomic E-state index is 10.5. The third-order valence-corrected chi connectivity index (χ3v) is 3.44. The van der Waals surface area contributed by atoms with Crippen LogP contribution in [0, 0.1) is 5.92 Å². The van der Waals surface area contributed by atoms with Crippen molar-refractivity contribution in [1.82, 2.24) is 0 Å². The lowest BCUT2D eigenvalue weighted by molar-refractivity contribution is -0.131. The van der Waals surface area contributed by atoms with Crippen molar-refractivity contribution in [3.05, 3.63) is 23.3 Å². The Hall–Kier alpha value is -1.13. The molecule has 4 heteroatoms. The lowest BCUT2D eigenvalue weighted by Gasteiger charge is -2.13. The van der Waals surface area contributed by atoms with Crippen LogP contribution in [0.2, 0.25) is 0 Å². The number of carboxylic acid groups (broad SMARTS) is 1. The Morgan fingerprint density at radius 3 is 2.29 bits per heavy atom. The summed E-state index contributed by atoms with van der Waals surface area (Å²) in [5, 5.41) is 26.9. The van der Waals surface area contributed by atoms with Crippen molar-refractivity contribution in [3.8, 4) is 0 Å². The molecule has 0 aromatic heterocycles. The molecule has 0 aromatic rings. The number of aliphatic carboxylic acids is 1. The summed E-state index contributed by atoms with van der Waals surface area (Å²) in [6.45, 7) is 6.06. The number of hydrogen-bond acceptors (Lipinski definition) is 3. The SMILES string of the molecule is CC(=C\C(=O)O)/C=C(\C)C[C@H](C)CCCC[C@@H](O)CCO. The first-order valence-corrected chi connectivity index (χ1v) is 7.72. The van der Waals surface area contributed by atoms with Gasteiger partial charge in [0.05, 0.1) is 6.10 Å². The van der Waals surface area contributed by atoms with Gasteiger partial charge in [0.25, 0.3) is 0 Å². The van der Waals surface area contributed by atoms with E-state index < -0.39 is 5.97 Å². The van der Waals surface area contributed by atoms with Gasteiger partial charge in [-0.25, -0.2) is 4.79 Å². The van der Waals surface area contributed by atoms with Crippen molar-refractivity contribution >= 4 is 5.97 Å². The summed E-state index contributed by atoms with van der Waals surface area (Å²) >= 11 is 0. The van der Waals surface area contributed by atoms with Crippen molar-refractivity contribution in [2.45, 2.75) is 65.4 Å². The second-order valence-electron chi connectivity index (χ2n) is 5.98. The van der Waals surface area contributed by atoms with Crippen molar-refractivity contribution in [3.63, 3.8) is 0 Å². The molecule has 0 saturated carbocycles. The van der Waals surface area contributed by atoms with E-state index in [0.29, 0.717) is 12.3 Å². The minimum atomic E-state index is -0.911.